The van der Waals surface area contributed by atoms with E-state index in [1.165, 1.54) is 12.8 Å². The minimum Gasteiger partial charge on any atom is -0.489 e. The molecule has 0 aromatic heterocycles. The lowest BCUT2D eigenvalue weighted by molar-refractivity contribution is 0.186. The highest BCUT2D eigenvalue weighted by Gasteiger charge is 2.22. The molecule has 1 fully saturated rings. The molecular formula is C14H20BrNO. The molecule has 94 valence electrons. The van der Waals surface area contributed by atoms with Gasteiger partial charge in [0.1, 0.15) is 11.9 Å². The van der Waals surface area contributed by atoms with Crippen molar-refractivity contribution in [3.63, 3.8) is 0 Å². The first-order chi connectivity index (χ1) is 8.28. The Morgan fingerprint density at radius 2 is 2.06 bits per heavy atom. The molecule has 0 spiro atoms. The fourth-order valence-electron chi connectivity index (χ4n) is 1.82. The molecule has 1 aromatic carbocycles. The van der Waals surface area contributed by atoms with E-state index in [0.717, 1.165) is 35.7 Å². The normalized spacial score (nSPS) is 16.8. The van der Waals surface area contributed by atoms with E-state index >= 15 is 0 Å². The van der Waals surface area contributed by atoms with Gasteiger partial charge >= 0.3 is 0 Å². The van der Waals surface area contributed by atoms with Gasteiger partial charge in [0.25, 0.3) is 0 Å². The molecule has 1 aliphatic rings. The maximum atomic E-state index is 6.00. The molecule has 2 nitrogen and oxygen atoms in total. The van der Waals surface area contributed by atoms with Crippen LogP contribution in [0, 0.1) is 0 Å². The van der Waals surface area contributed by atoms with Crippen LogP contribution < -0.4 is 10.1 Å². The Balaban J connectivity index is 1.84. The predicted octanol–water partition coefficient (Wildman–Crippen LogP) is 3.75. The van der Waals surface area contributed by atoms with Gasteiger partial charge in [-0.15, -0.1) is 0 Å². The molecule has 1 atom stereocenters. The number of rotatable bonds is 7. The van der Waals surface area contributed by atoms with Crippen LogP contribution in [0.4, 0.5) is 0 Å². The van der Waals surface area contributed by atoms with Crippen molar-refractivity contribution in [2.45, 2.75) is 44.8 Å². The average Bonchev–Trinajstić information content (AvgIpc) is 3.13. The van der Waals surface area contributed by atoms with Gasteiger partial charge in [-0.2, -0.15) is 0 Å². The number of halogens is 1. The molecule has 1 saturated carbocycles. The topological polar surface area (TPSA) is 21.3 Å². The van der Waals surface area contributed by atoms with Gasteiger partial charge in [-0.25, -0.2) is 0 Å². The first-order valence-corrected chi connectivity index (χ1v) is 7.23. The summed E-state index contributed by atoms with van der Waals surface area (Å²) in [6.07, 6.45) is 5.22. The Labute approximate surface area is 112 Å². The monoisotopic (exact) mass is 297 g/mol. The number of hydrogen-bond donors (Lipinski definition) is 1. The summed E-state index contributed by atoms with van der Waals surface area (Å²) >= 11 is 3.43. The highest BCUT2D eigenvalue weighted by molar-refractivity contribution is 9.10. The zero-order valence-corrected chi connectivity index (χ0v) is 11.9. The molecule has 2 rings (SSSR count). The highest BCUT2D eigenvalue weighted by Crippen LogP contribution is 2.21. The molecule has 0 bridgehead atoms. The second-order valence-corrected chi connectivity index (χ2v) is 5.58. The van der Waals surface area contributed by atoms with Gasteiger partial charge < -0.3 is 10.1 Å². The molecule has 0 heterocycles. The fourth-order valence-corrected chi connectivity index (χ4v) is 2.08. The molecule has 0 aliphatic heterocycles. The van der Waals surface area contributed by atoms with Crippen LogP contribution in [0.25, 0.3) is 0 Å². The Bertz CT molecular complexity index is 335. The van der Waals surface area contributed by atoms with Crippen molar-refractivity contribution in [1.82, 2.24) is 5.32 Å². The zero-order chi connectivity index (χ0) is 12.1. The molecule has 3 heteroatoms. The average molecular weight is 298 g/mol. The molecule has 1 aromatic rings. The maximum Gasteiger partial charge on any atom is 0.119 e. The molecule has 0 radical (unpaired) electrons. The Morgan fingerprint density at radius 3 is 2.65 bits per heavy atom. The fraction of sp³-hybridized carbons (Fsp3) is 0.571. The number of ether oxygens (including phenoxy) is 1. The van der Waals surface area contributed by atoms with E-state index in [1.54, 1.807) is 0 Å². The Morgan fingerprint density at radius 1 is 1.35 bits per heavy atom. The van der Waals surface area contributed by atoms with Gasteiger partial charge in [0, 0.05) is 17.1 Å². The summed E-state index contributed by atoms with van der Waals surface area (Å²) in [4.78, 5) is 0. The quantitative estimate of drug-likeness (QED) is 0.828. The molecule has 1 unspecified atom stereocenters. The Hall–Kier alpha value is -0.540. The first kappa shape index (κ1) is 12.9. The van der Waals surface area contributed by atoms with Crippen LogP contribution in [0.1, 0.15) is 32.6 Å². The lowest BCUT2D eigenvalue weighted by atomic mass is 10.2. The van der Waals surface area contributed by atoms with Crippen molar-refractivity contribution < 1.29 is 4.74 Å². The second-order valence-electron chi connectivity index (χ2n) is 4.66. The zero-order valence-electron chi connectivity index (χ0n) is 10.3. The van der Waals surface area contributed by atoms with Crippen LogP contribution in [-0.2, 0) is 0 Å². The lowest BCUT2D eigenvalue weighted by Crippen LogP contribution is -2.32. The maximum absolute atomic E-state index is 6.00. The van der Waals surface area contributed by atoms with Crippen LogP contribution in [-0.4, -0.2) is 18.7 Å². The van der Waals surface area contributed by atoms with Crippen molar-refractivity contribution in [1.29, 1.82) is 0 Å². The van der Waals surface area contributed by atoms with Crippen LogP contribution in [0.3, 0.4) is 0 Å². The third-order valence-corrected chi connectivity index (χ3v) is 3.47. The summed E-state index contributed by atoms with van der Waals surface area (Å²) in [6, 6.07) is 8.83. The largest absolute Gasteiger partial charge is 0.489 e. The molecule has 1 aliphatic carbocycles. The van der Waals surface area contributed by atoms with Gasteiger partial charge in [-0.1, -0.05) is 29.3 Å². The summed E-state index contributed by atoms with van der Waals surface area (Å²) in [7, 11) is 0. The molecule has 0 amide bonds. The number of nitrogens with one attached hydrogen (secondary N) is 1. The number of hydrogen-bond acceptors (Lipinski definition) is 2. The van der Waals surface area contributed by atoms with Gasteiger partial charge in [0.15, 0.2) is 0 Å². The van der Waals surface area contributed by atoms with Crippen molar-refractivity contribution in [3.05, 3.63) is 28.7 Å². The van der Waals surface area contributed by atoms with Crippen molar-refractivity contribution in [3.8, 4) is 5.75 Å². The van der Waals surface area contributed by atoms with Crippen molar-refractivity contribution in [2.75, 3.05) is 6.54 Å². The number of benzene rings is 1. The molecule has 0 saturated heterocycles. The summed E-state index contributed by atoms with van der Waals surface area (Å²) in [6.45, 7) is 3.17. The van der Waals surface area contributed by atoms with Gasteiger partial charge in [-0.05, 0) is 43.5 Å². The van der Waals surface area contributed by atoms with Crippen LogP contribution in [0.2, 0.25) is 0 Å². The molecule has 17 heavy (non-hydrogen) atoms. The van der Waals surface area contributed by atoms with E-state index in [2.05, 4.69) is 28.2 Å². The van der Waals surface area contributed by atoms with Gasteiger partial charge in [-0.3, -0.25) is 0 Å². The molecule has 1 N–H and O–H groups in total. The predicted molar refractivity (Wildman–Crippen MR) is 74.5 cm³/mol. The minimum absolute atomic E-state index is 0.293. The SMILES string of the molecule is CCCC(CNC1CC1)Oc1ccc(Br)cc1. The highest BCUT2D eigenvalue weighted by atomic mass is 79.9. The summed E-state index contributed by atoms with van der Waals surface area (Å²) in [5, 5.41) is 3.54. The van der Waals surface area contributed by atoms with E-state index < -0.39 is 0 Å². The Kier molecular flexibility index (Phi) is 4.86. The van der Waals surface area contributed by atoms with Crippen molar-refractivity contribution >= 4 is 15.9 Å². The van der Waals surface area contributed by atoms with Crippen LogP contribution in [0.5, 0.6) is 5.75 Å². The van der Waals surface area contributed by atoms with Crippen molar-refractivity contribution in [2.24, 2.45) is 0 Å². The van der Waals surface area contributed by atoms with Crippen LogP contribution >= 0.6 is 15.9 Å². The lowest BCUT2D eigenvalue weighted by Gasteiger charge is -2.19. The van der Waals surface area contributed by atoms with E-state index in [1.807, 2.05) is 24.3 Å². The minimum atomic E-state index is 0.293. The van der Waals surface area contributed by atoms with E-state index in [9.17, 15) is 0 Å². The third-order valence-electron chi connectivity index (χ3n) is 2.94. The van der Waals surface area contributed by atoms with Gasteiger partial charge in [0.2, 0.25) is 0 Å². The van der Waals surface area contributed by atoms with Gasteiger partial charge in [0.05, 0.1) is 0 Å². The first-order valence-electron chi connectivity index (χ1n) is 6.43. The summed E-state index contributed by atoms with van der Waals surface area (Å²) < 4.78 is 7.10. The standard InChI is InChI=1S/C14H20BrNO/c1-2-3-14(10-16-12-6-7-12)17-13-8-4-11(15)5-9-13/h4-5,8-9,12,14,16H,2-3,6-7,10H2,1H3. The van der Waals surface area contributed by atoms with E-state index in [4.69, 9.17) is 4.74 Å². The molecular weight excluding hydrogens is 278 g/mol. The second kappa shape index (κ2) is 6.41. The van der Waals surface area contributed by atoms with E-state index in [-0.39, 0.29) is 0 Å². The summed E-state index contributed by atoms with van der Waals surface area (Å²) in [5.41, 5.74) is 0. The third kappa shape index (κ3) is 4.68. The van der Waals surface area contributed by atoms with E-state index in [0.29, 0.717) is 6.10 Å². The summed E-state index contributed by atoms with van der Waals surface area (Å²) in [5.74, 6) is 0.962. The smallest absolute Gasteiger partial charge is 0.119 e. The van der Waals surface area contributed by atoms with Crippen LogP contribution in [0.15, 0.2) is 28.7 Å².